The normalized spacial score (nSPS) is 40.9. The highest BCUT2D eigenvalue weighted by Crippen LogP contribution is 2.65. The van der Waals surface area contributed by atoms with Crippen LogP contribution in [0.1, 0.15) is 12.0 Å². The Kier molecular flexibility index (Phi) is 2.56. The average molecular weight is 358 g/mol. The smallest absolute Gasteiger partial charge is 0.234 e. The molecule has 1 aliphatic heterocycles. The summed E-state index contributed by atoms with van der Waals surface area (Å²) in [6, 6.07) is 7.84. The molecule has 2 amide bonds. The van der Waals surface area contributed by atoms with E-state index in [1.807, 2.05) is 24.3 Å². The zero-order valence-electron chi connectivity index (χ0n) is 12.0. The fraction of sp³-hybridized carbons (Fsp3) is 0.444. The summed E-state index contributed by atoms with van der Waals surface area (Å²) < 4.78 is 1.01. The van der Waals surface area contributed by atoms with Gasteiger partial charge in [0.25, 0.3) is 0 Å². The molecule has 1 aromatic rings. The fourth-order valence-electron chi connectivity index (χ4n) is 4.95. The molecule has 22 heavy (non-hydrogen) atoms. The molecule has 0 N–H and O–H groups in total. The van der Waals surface area contributed by atoms with Crippen molar-refractivity contribution in [2.24, 2.45) is 35.5 Å². The van der Waals surface area contributed by atoms with E-state index in [4.69, 9.17) is 0 Å². The Labute approximate surface area is 137 Å². The van der Waals surface area contributed by atoms with Gasteiger partial charge in [-0.25, -0.2) is 0 Å². The van der Waals surface area contributed by atoms with E-state index in [0.29, 0.717) is 30.2 Å². The summed E-state index contributed by atoms with van der Waals surface area (Å²) in [5, 5.41) is 0. The van der Waals surface area contributed by atoms with Gasteiger partial charge >= 0.3 is 0 Å². The molecule has 1 heterocycles. The number of rotatable bonds is 2. The molecule has 0 spiro atoms. The number of carbonyl (C=O) groups excluding carboxylic acids is 2. The van der Waals surface area contributed by atoms with Crippen LogP contribution in [0.4, 0.5) is 0 Å². The van der Waals surface area contributed by atoms with Gasteiger partial charge in [0.2, 0.25) is 11.8 Å². The molecule has 6 rings (SSSR count). The minimum atomic E-state index is -0.0818. The summed E-state index contributed by atoms with van der Waals surface area (Å²) in [6.07, 6.45) is 5.64. The van der Waals surface area contributed by atoms with Gasteiger partial charge in [0.1, 0.15) is 0 Å². The summed E-state index contributed by atoms with van der Waals surface area (Å²) in [5.41, 5.74) is 1.01. The molecule has 4 aliphatic carbocycles. The van der Waals surface area contributed by atoms with Crippen molar-refractivity contribution < 1.29 is 9.59 Å². The maximum absolute atomic E-state index is 12.8. The number of allylic oxidation sites excluding steroid dienone is 2. The lowest BCUT2D eigenvalue weighted by Crippen LogP contribution is -2.40. The second-order valence-electron chi connectivity index (χ2n) is 7.04. The highest BCUT2D eigenvalue weighted by molar-refractivity contribution is 9.10. The summed E-state index contributed by atoms with van der Waals surface area (Å²) in [6.45, 7) is 0.409. The number of amides is 2. The number of nitrogens with zero attached hydrogens (tertiary/aromatic N) is 1. The van der Waals surface area contributed by atoms with Crippen molar-refractivity contribution in [3.63, 3.8) is 0 Å². The number of hydrogen-bond acceptors (Lipinski definition) is 2. The van der Waals surface area contributed by atoms with Crippen molar-refractivity contribution in [1.29, 1.82) is 0 Å². The van der Waals surface area contributed by atoms with Gasteiger partial charge in [-0.1, -0.05) is 40.2 Å². The molecule has 112 valence electrons. The van der Waals surface area contributed by atoms with Gasteiger partial charge in [0.15, 0.2) is 0 Å². The number of carbonyl (C=O) groups is 2. The number of likely N-dealkylation sites (tertiary alicyclic amines) is 1. The predicted molar refractivity (Wildman–Crippen MR) is 84.4 cm³/mol. The molecular formula is C18H16BrNO2. The maximum atomic E-state index is 12.8. The molecule has 3 nitrogen and oxygen atoms in total. The van der Waals surface area contributed by atoms with Crippen molar-refractivity contribution in [2.45, 2.75) is 13.0 Å². The van der Waals surface area contributed by atoms with E-state index in [9.17, 15) is 9.59 Å². The van der Waals surface area contributed by atoms with Gasteiger partial charge in [0.05, 0.1) is 18.4 Å². The Bertz CT molecular complexity index is 674. The predicted octanol–water partition coefficient (Wildman–Crippen LogP) is 3.00. The standard InChI is InChI=1S/C18H16BrNO2/c19-10-3-1-9(2-4-10)8-20-17(21)15-11-5-6-12(14-7-13(11)14)16(15)18(20)22/h1-6,11-16H,7-8H2/t11-,12-,13-,14-,15-,16+/m0/s1. The number of halogens is 1. The summed E-state index contributed by atoms with van der Waals surface area (Å²) in [5.74, 6) is 1.91. The Balaban J connectivity index is 1.46. The van der Waals surface area contributed by atoms with Crippen LogP contribution >= 0.6 is 15.9 Å². The summed E-state index contributed by atoms with van der Waals surface area (Å²) in [4.78, 5) is 27.2. The number of hydrogen-bond donors (Lipinski definition) is 0. The fourth-order valence-corrected chi connectivity index (χ4v) is 5.21. The Morgan fingerprint density at radius 2 is 1.50 bits per heavy atom. The summed E-state index contributed by atoms with van der Waals surface area (Å²) in [7, 11) is 0. The number of imide groups is 1. The first-order valence-corrected chi connectivity index (χ1v) is 8.72. The van der Waals surface area contributed by atoms with Gasteiger partial charge in [-0.2, -0.15) is 0 Å². The highest BCUT2D eigenvalue weighted by Gasteiger charge is 2.66. The largest absolute Gasteiger partial charge is 0.278 e. The minimum Gasteiger partial charge on any atom is -0.278 e. The van der Waals surface area contributed by atoms with Crippen LogP contribution in [0, 0.1) is 35.5 Å². The quantitative estimate of drug-likeness (QED) is 0.602. The third-order valence-corrected chi connectivity index (χ3v) is 6.54. The molecule has 6 atom stereocenters. The van der Waals surface area contributed by atoms with Gasteiger partial charge in [-0.05, 0) is 47.8 Å². The van der Waals surface area contributed by atoms with Crippen LogP contribution in [0.3, 0.4) is 0 Å². The van der Waals surface area contributed by atoms with Crippen LogP contribution in [0.5, 0.6) is 0 Å². The van der Waals surface area contributed by atoms with E-state index in [2.05, 4.69) is 28.1 Å². The highest BCUT2D eigenvalue weighted by atomic mass is 79.9. The van der Waals surface area contributed by atoms with Crippen molar-refractivity contribution in [1.82, 2.24) is 4.90 Å². The van der Waals surface area contributed by atoms with Crippen LogP contribution in [0.25, 0.3) is 0 Å². The first-order chi connectivity index (χ1) is 10.6. The first kappa shape index (κ1) is 13.1. The molecule has 5 aliphatic rings. The number of benzene rings is 1. The Morgan fingerprint density at radius 3 is 2.05 bits per heavy atom. The SMILES string of the molecule is O=C1[C@@H]2[C@H]3C=C[C@@H]([C@@H]4C[C@@H]34)[C@@H]2C(=O)N1Cc1ccc(Br)cc1. The third kappa shape index (κ3) is 1.62. The van der Waals surface area contributed by atoms with Crippen molar-refractivity contribution in [3.8, 4) is 0 Å². The second-order valence-corrected chi connectivity index (χ2v) is 7.96. The lowest BCUT2D eigenvalue weighted by molar-refractivity contribution is -0.140. The van der Waals surface area contributed by atoms with Crippen LogP contribution < -0.4 is 0 Å². The van der Waals surface area contributed by atoms with Crippen LogP contribution in [0.2, 0.25) is 0 Å². The minimum absolute atomic E-state index is 0.0580. The zero-order chi connectivity index (χ0) is 15.0. The third-order valence-electron chi connectivity index (χ3n) is 6.01. The van der Waals surface area contributed by atoms with Crippen LogP contribution in [-0.2, 0) is 16.1 Å². The second kappa shape index (κ2) is 4.31. The molecule has 2 saturated carbocycles. The van der Waals surface area contributed by atoms with E-state index in [1.54, 1.807) is 0 Å². The molecule has 4 heteroatoms. The van der Waals surface area contributed by atoms with Gasteiger partial charge < -0.3 is 0 Å². The molecule has 1 saturated heterocycles. The van der Waals surface area contributed by atoms with Gasteiger partial charge in [-0.15, -0.1) is 0 Å². The monoisotopic (exact) mass is 357 g/mol. The van der Waals surface area contributed by atoms with Crippen LogP contribution in [0.15, 0.2) is 40.9 Å². The molecule has 0 aromatic heterocycles. The maximum Gasteiger partial charge on any atom is 0.234 e. The molecular weight excluding hydrogens is 342 g/mol. The molecule has 0 radical (unpaired) electrons. The van der Waals surface area contributed by atoms with Crippen molar-refractivity contribution in [3.05, 3.63) is 46.5 Å². The van der Waals surface area contributed by atoms with E-state index >= 15 is 0 Å². The van der Waals surface area contributed by atoms with E-state index in [1.165, 1.54) is 11.3 Å². The van der Waals surface area contributed by atoms with Gasteiger partial charge in [-0.3, -0.25) is 14.5 Å². The average Bonchev–Trinajstić information content (AvgIpc) is 3.30. The summed E-state index contributed by atoms with van der Waals surface area (Å²) >= 11 is 3.41. The topological polar surface area (TPSA) is 37.4 Å². The zero-order valence-corrected chi connectivity index (χ0v) is 13.6. The first-order valence-electron chi connectivity index (χ1n) is 7.93. The lowest BCUT2D eigenvalue weighted by atomic mass is 9.63. The van der Waals surface area contributed by atoms with Crippen molar-refractivity contribution in [2.75, 3.05) is 0 Å². The Morgan fingerprint density at radius 1 is 0.955 bits per heavy atom. The molecule has 0 unspecified atom stereocenters. The van der Waals surface area contributed by atoms with E-state index in [-0.39, 0.29) is 23.7 Å². The molecule has 1 aromatic carbocycles. The van der Waals surface area contributed by atoms with Gasteiger partial charge in [0, 0.05) is 4.47 Å². The van der Waals surface area contributed by atoms with Crippen molar-refractivity contribution >= 4 is 27.7 Å². The lowest BCUT2D eigenvalue weighted by Gasteiger charge is -2.37. The van der Waals surface area contributed by atoms with E-state index < -0.39 is 0 Å². The van der Waals surface area contributed by atoms with Crippen LogP contribution in [-0.4, -0.2) is 16.7 Å². The Hall–Kier alpha value is -1.42. The molecule has 2 bridgehead atoms. The molecule has 3 fully saturated rings. The van der Waals surface area contributed by atoms with E-state index in [0.717, 1.165) is 10.0 Å².